The van der Waals surface area contributed by atoms with Crippen molar-refractivity contribution < 1.29 is 14.7 Å². The largest absolute Gasteiger partial charge is 0.481 e. The number of aromatic nitrogens is 1. The van der Waals surface area contributed by atoms with E-state index in [-0.39, 0.29) is 17.5 Å². The number of nitrogens with one attached hydrogen (secondary N) is 1. The zero-order valence-corrected chi connectivity index (χ0v) is 12.6. The molecule has 6 heteroatoms. The fraction of sp³-hybridized carbons (Fsp3) is 0.500. The molecule has 0 aromatic carbocycles. The molecule has 1 aromatic rings. The molecular formula is C14H19ClN2O3. The summed E-state index contributed by atoms with van der Waals surface area (Å²) in [4.78, 5) is 26.9. The minimum Gasteiger partial charge on any atom is -0.481 e. The maximum absolute atomic E-state index is 12.2. The Morgan fingerprint density at radius 2 is 2.05 bits per heavy atom. The van der Waals surface area contributed by atoms with Gasteiger partial charge in [0, 0.05) is 23.2 Å². The fourth-order valence-electron chi connectivity index (χ4n) is 1.72. The molecule has 1 heterocycles. The van der Waals surface area contributed by atoms with E-state index >= 15 is 0 Å². The Labute approximate surface area is 123 Å². The Balaban J connectivity index is 2.80. The van der Waals surface area contributed by atoms with Crippen LogP contribution in [0.5, 0.6) is 0 Å². The van der Waals surface area contributed by atoms with Gasteiger partial charge in [-0.1, -0.05) is 18.5 Å². The molecule has 2 N–H and O–H groups in total. The number of carboxylic acid groups (broad SMARTS) is 1. The van der Waals surface area contributed by atoms with Crippen LogP contribution in [0.2, 0.25) is 5.15 Å². The van der Waals surface area contributed by atoms with Crippen LogP contribution < -0.4 is 5.32 Å². The highest BCUT2D eigenvalue weighted by atomic mass is 35.5. The van der Waals surface area contributed by atoms with E-state index in [2.05, 4.69) is 10.3 Å². The Kier molecular flexibility index (Phi) is 5.51. The molecule has 1 amide bonds. The Morgan fingerprint density at radius 1 is 1.40 bits per heavy atom. The molecule has 20 heavy (non-hydrogen) atoms. The van der Waals surface area contributed by atoms with E-state index in [9.17, 15) is 9.59 Å². The lowest BCUT2D eigenvalue weighted by molar-refractivity contribution is -0.137. The van der Waals surface area contributed by atoms with E-state index < -0.39 is 11.5 Å². The van der Waals surface area contributed by atoms with Crippen LogP contribution in [0.3, 0.4) is 0 Å². The lowest BCUT2D eigenvalue weighted by atomic mass is 9.97. The third kappa shape index (κ3) is 5.17. The van der Waals surface area contributed by atoms with Crippen LogP contribution in [-0.4, -0.2) is 27.5 Å². The highest BCUT2D eigenvalue weighted by molar-refractivity contribution is 6.29. The minimum absolute atomic E-state index is 0.00455. The van der Waals surface area contributed by atoms with Crippen molar-refractivity contribution in [2.24, 2.45) is 0 Å². The van der Waals surface area contributed by atoms with Crippen molar-refractivity contribution in [1.29, 1.82) is 0 Å². The standard InChI is InChI=1S/C14H19ClN2O3/c1-4-10-7-9(8-11(15)16-10)13(20)17-14(2,3)6-5-12(18)19/h7-8H,4-6H2,1-3H3,(H,17,20)(H,18,19). The van der Waals surface area contributed by atoms with Crippen molar-refractivity contribution >= 4 is 23.5 Å². The smallest absolute Gasteiger partial charge is 0.303 e. The second-order valence-corrected chi connectivity index (χ2v) is 5.64. The molecule has 0 spiro atoms. The molecular weight excluding hydrogens is 280 g/mol. The van der Waals surface area contributed by atoms with Crippen LogP contribution in [0.25, 0.3) is 0 Å². The van der Waals surface area contributed by atoms with Crippen LogP contribution >= 0.6 is 11.6 Å². The number of carbonyl (C=O) groups excluding carboxylic acids is 1. The fourth-order valence-corrected chi connectivity index (χ4v) is 1.95. The highest BCUT2D eigenvalue weighted by Crippen LogP contribution is 2.15. The van der Waals surface area contributed by atoms with E-state index in [0.717, 1.165) is 5.69 Å². The summed E-state index contributed by atoms with van der Waals surface area (Å²) in [7, 11) is 0. The van der Waals surface area contributed by atoms with E-state index in [0.29, 0.717) is 18.4 Å². The van der Waals surface area contributed by atoms with Crippen molar-refractivity contribution in [2.75, 3.05) is 0 Å². The number of rotatable bonds is 6. The van der Waals surface area contributed by atoms with Crippen molar-refractivity contribution in [2.45, 2.75) is 45.6 Å². The highest BCUT2D eigenvalue weighted by Gasteiger charge is 2.22. The first-order valence-corrected chi connectivity index (χ1v) is 6.82. The molecule has 5 nitrogen and oxygen atoms in total. The van der Waals surface area contributed by atoms with Gasteiger partial charge >= 0.3 is 5.97 Å². The summed E-state index contributed by atoms with van der Waals surface area (Å²) in [6, 6.07) is 3.19. The lowest BCUT2D eigenvalue weighted by Crippen LogP contribution is -2.43. The number of hydrogen-bond acceptors (Lipinski definition) is 3. The average Bonchev–Trinajstić information content (AvgIpc) is 2.35. The zero-order valence-electron chi connectivity index (χ0n) is 11.9. The van der Waals surface area contributed by atoms with Crippen LogP contribution in [0.15, 0.2) is 12.1 Å². The second-order valence-electron chi connectivity index (χ2n) is 5.26. The van der Waals surface area contributed by atoms with Crippen molar-refractivity contribution in [3.8, 4) is 0 Å². The third-order valence-electron chi connectivity index (χ3n) is 2.89. The number of aryl methyl sites for hydroxylation is 1. The summed E-state index contributed by atoms with van der Waals surface area (Å²) in [5, 5.41) is 11.8. The van der Waals surface area contributed by atoms with Gasteiger partial charge in [-0.2, -0.15) is 0 Å². The number of hydrogen-bond donors (Lipinski definition) is 2. The molecule has 0 saturated carbocycles. The maximum Gasteiger partial charge on any atom is 0.303 e. The van der Waals surface area contributed by atoms with E-state index in [4.69, 9.17) is 16.7 Å². The summed E-state index contributed by atoms with van der Waals surface area (Å²) in [5.74, 6) is -1.16. The van der Waals surface area contributed by atoms with Crippen LogP contribution in [0.1, 0.15) is 49.7 Å². The summed E-state index contributed by atoms with van der Waals surface area (Å²) >= 11 is 5.88. The maximum atomic E-state index is 12.2. The molecule has 1 aromatic heterocycles. The Morgan fingerprint density at radius 3 is 2.60 bits per heavy atom. The number of nitrogens with zero attached hydrogens (tertiary/aromatic N) is 1. The first-order valence-electron chi connectivity index (χ1n) is 6.44. The van der Waals surface area contributed by atoms with Gasteiger partial charge in [-0.3, -0.25) is 9.59 Å². The van der Waals surface area contributed by atoms with Gasteiger partial charge in [-0.25, -0.2) is 4.98 Å². The van der Waals surface area contributed by atoms with Gasteiger partial charge in [0.2, 0.25) is 0 Å². The number of aliphatic carboxylic acids is 1. The first kappa shape index (κ1) is 16.4. The molecule has 0 fully saturated rings. The minimum atomic E-state index is -0.882. The SMILES string of the molecule is CCc1cc(C(=O)NC(C)(C)CCC(=O)O)cc(Cl)n1. The molecule has 110 valence electrons. The summed E-state index contributed by atoms with van der Waals surface area (Å²) in [6.07, 6.45) is 1.04. The summed E-state index contributed by atoms with van der Waals surface area (Å²) in [5.41, 5.74) is 0.577. The molecule has 0 aliphatic rings. The van der Waals surface area contributed by atoms with Crippen molar-refractivity contribution in [3.63, 3.8) is 0 Å². The summed E-state index contributed by atoms with van der Waals surface area (Å²) in [6.45, 7) is 5.51. The first-order chi connectivity index (χ1) is 9.23. The predicted molar refractivity (Wildman–Crippen MR) is 77.0 cm³/mol. The molecule has 0 aliphatic heterocycles. The van der Waals surface area contributed by atoms with E-state index in [1.807, 2.05) is 6.92 Å². The van der Waals surface area contributed by atoms with Crippen LogP contribution in [0, 0.1) is 0 Å². The third-order valence-corrected chi connectivity index (χ3v) is 3.08. The number of halogens is 1. The van der Waals surface area contributed by atoms with Gasteiger partial charge in [-0.15, -0.1) is 0 Å². The van der Waals surface area contributed by atoms with Crippen molar-refractivity contribution in [1.82, 2.24) is 10.3 Å². The van der Waals surface area contributed by atoms with E-state index in [1.54, 1.807) is 19.9 Å². The molecule has 0 radical (unpaired) electrons. The second kappa shape index (κ2) is 6.70. The number of carbonyl (C=O) groups is 2. The quantitative estimate of drug-likeness (QED) is 0.791. The molecule has 0 bridgehead atoms. The van der Waals surface area contributed by atoms with Gasteiger partial charge in [0.05, 0.1) is 0 Å². The zero-order chi connectivity index (χ0) is 15.3. The molecule has 1 rings (SSSR count). The molecule has 0 unspecified atom stereocenters. The molecule has 0 aliphatic carbocycles. The van der Waals surface area contributed by atoms with Crippen LogP contribution in [0.4, 0.5) is 0 Å². The van der Waals surface area contributed by atoms with Crippen molar-refractivity contribution in [3.05, 3.63) is 28.5 Å². The van der Waals surface area contributed by atoms with Gasteiger partial charge in [0.1, 0.15) is 5.15 Å². The monoisotopic (exact) mass is 298 g/mol. The van der Waals surface area contributed by atoms with Gasteiger partial charge < -0.3 is 10.4 Å². The van der Waals surface area contributed by atoms with Crippen LogP contribution in [-0.2, 0) is 11.2 Å². The average molecular weight is 299 g/mol. The Bertz CT molecular complexity index is 515. The Hall–Kier alpha value is -1.62. The number of amides is 1. The number of carboxylic acids is 1. The summed E-state index contributed by atoms with van der Waals surface area (Å²) < 4.78 is 0. The van der Waals surface area contributed by atoms with Gasteiger partial charge in [0.15, 0.2) is 0 Å². The molecule has 0 saturated heterocycles. The van der Waals surface area contributed by atoms with Gasteiger partial charge in [0.25, 0.3) is 5.91 Å². The lowest BCUT2D eigenvalue weighted by Gasteiger charge is -2.25. The molecule has 0 atom stereocenters. The predicted octanol–water partition coefficient (Wildman–Crippen LogP) is 2.67. The van der Waals surface area contributed by atoms with Gasteiger partial charge in [-0.05, 0) is 38.8 Å². The topological polar surface area (TPSA) is 79.3 Å². The van der Waals surface area contributed by atoms with E-state index in [1.165, 1.54) is 6.07 Å². The number of pyridine rings is 1. The normalized spacial score (nSPS) is 11.2.